The second-order valence-electron chi connectivity index (χ2n) is 6.33. The quantitative estimate of drug-likeness (QED) is 0.649. The number of rotatable bonds is 4. The van der Waals surface area contributed by atoms with Crippen molar-refractivity contribution in [2.24, 2.45) is 0 Å². The van der Waals surface area contributed by atoms with Gasteiger partial charge in [-0.05, 0) is 55.0 Å². The van der Waals surface area contributed by atoms with Crippen LogP contribution in [0.3, 0.4) is 0 Å². The number of amides is 1. The summed E-state index contributed by atoms with van der Waals surface area (Å²) in [5.41, 5.74) is 1.70. The van der Waals surface area contributed by atoms with Crippen molar-refractivity contribution < 1.29 is 9.90 Å². The number of carbonyl (C=O) groups excluding carboxylic acids is 1. The molecule has 0 saturated carbocycles. The maximum atomic E-state index is 11.5. The van der Waals surface area contributed by atoms with Gasteiger partial charge in [0.05, 0.1) is 5.25 Å². The Hall–Kier alpha value is -2.06. The number of carbonyl (C=O) groups is 1. The van der Waals surface area contributed by atoms with Crippen molar-refractivity contribution in [2.75, 3.05) is 0 Å². The molecule has 9 heteroatoms. The third kappa shape index (κ3) is 4.03. The number of benzene rings is 2. The van der Waals surface area contributed by atoms with Crippen LogP contribution in [0.1, 0.15) is 12.8 Å². The van der Waals surface area contributed by atoms with E-state index in [2.05, 4.69) is 15.5 Å². The van der Waals surface area contributed by atoms with Crippen molar-refractivity contribution in [3.63, 3.8) is 0 Å². The summed E-state index contributed by atoms with van der Waals surface area (Å²) < 4.78 is 1.91. The Labute approximate surface area is 175 Å². The van der Waals surface area contributed by atoms with Gasteiger partial charge in [-0.25, -0.2) is 0 Å². The van der Waals surface area contributed by atoms with Gasteiger partial charge in [0.1, 0.15) is 6.23 Å². The van der Waals surface area contributed by atoms with Crippen LogP contribution in [0.15, 0.2) is 53.7 Å². The fraction of sp³-hybridized carbons (Fsp3) is 0.211. The topological polar surface area (TPSA) is 80.0 Å². The summed E-state index contributed by atoms with van der Waals surface area (Å²) in [6.45, 7) is 0. The third-order valence-corrected chi connectivity index (χ3v) is 6.17. The molecule has 6 nitrogen and oxygen atoms in total. The van der Waals surface area contributed by atoms with Gasteiger partial charge in [0.15, 0.2) is 11.0 Å². The lowest BCUT2D eigenvalue weighted by Gasteiger charge is -2.27. The highest BCUT2D eigenvalue weighted by molar-refractivity contribution is 7.99. The summed E-state index contributed by atoms with van der Waals surface area (Å²) in [5, 5.41) is 23.2. The zero-order valence-corrected chi connectivity index (χ0v) is 16.9. The Morgan fingerprint density at radius 3 is 2.32 bits per heavy atom. The van der Waals surface area contributed by atoms with Gasteiger partial charge >= 0.3 is 0 Å². The number of nitrogens with one attached hydrogen (secondary N) is 1. The second kappa shape index (κ2) is 8.13. The highest BCUT2D eigenvalue weighted by Crippen LogP contribution is 2.34. The molecule has 0 aliphatic carbocycles. The Kier molecular flexibility index (Phi) is 5.59. The van der Waals surface area contributed by atoms with E-state index in [4.69, 9.17) is 23.2 Å². The first-order valence-corrected chi connectivity index (χ1v) is 10.3. The predicted octanol–water partition coefficient (Wildman–Crippen LogP) is 3.93. The Morgan fingerprint density at radius 2 is 1.68 bits per heavy atom. The number of aromatic nitrogens is 3. The predicted molar refractivity (Wildman–Crippen MR) is 110 cm³/mol. The molecule has 3 aromatic rings. The van der Waals surface area contributed by atoms with Crippen molar-refractivity contribution >= 4 is 40.9 Å². The lowest BCUT2D eigenvalue weighted by molar-refractivity contribution is -0.126. The van der Waals surface area contributed by atoms with Crippen LogP contribution in [-0.4, -0.2) is 37.3 Å². The molecule has 1 aliphatic rings. The van der Waals surface area contributed by atoms with Crippen LogP contribution in [0.25, 0.3) is 17.1 Å². The number of thioether (sulfide) groups is 1. The lowest BCUT2D eigenvalue weighted by atomic mass is 10.1. The van der Waals surface area contributed by atoms with Crippen LogP contribution < -0.4 is 5.32 Å². The van der Waals surface area contributed by atoms with E-state index >= 15 is 0 Å². The van der Waals surface area contributed by atoms with Crippen LogP contribution in [0.4, 0.5) is 0 Å². The molecule has 1 amide bonds. The standard InChI is InChI=1S/C19H16Cl2N4O2S/c20-12-3-1-11(2-4-12)17-23-24-19(25(17)14-7-5-13(21)6-8-14)28-15-9-10-16(26)22-18(15)27/h1-8,15,18,27H,9-10H2,(H,22,26). The largest absolute Gasteiger partial charge is 0.373 e. The van der Waals surface area contributed by atoms with Gasteiger partial charge in [-0.3, -0.25) is 9.36 Å². The molecule has 1 aliphatic heterocycles. The smallest absolute Gasteiger partial charge is 0.222 e. The van der Waals surface area contributed by atoms with E-state index in [0.29, 0.717) is 33.9 Å². The number of aliphatic hydroxyl groups excluding tert-OH is 1. The van der Waals surface area contributed by atoms with E-state index < -0.39 is 6.23 Å². The molecule has 28 heavy (non-hydrogen) atoms. The molecule has 0 bridgehead atoms. The Bertz CT molecular complexity index is 992. The fourth-order valence-corrected chi connectivity index (χ4v) is 4.32. The Balaban J connectivity index is 1.75. The first-order chi connectivity index (χ1) is 13.5. The van der Waals surface area contributed by atoms with E-state index in [1.807, 2.05) is 28.8 Å². The molecule has 0 spiro atoms. The molecule has 2 unspecified atom stereocenters. The van der Waals surface area contributed by atoms with E-state index in [-0.39, 0.29) is 11.2 Å². The number of hydrogen-bond acceptors (Lipinski definition) is 5. The molecule has 1 saturated heterocycles. The molecule has 144 valence electrons. The van der Waals surface area contributed by atoms with Gasteiger partial charge in [-0.2, -0.15) is 0 Å². The number of piperidine rings is 1. The molecule has 4 rings (SSSR count). The summed E-state index contributed by atoms with van der Waals surface area (Å²) in [5.74, 6) is 0.501. The van der Waals surface area contributed by atoms with Gasteiger partial charge in [0, 0.05) is 27.7 Å². The number of nitrogens with zero attached hydrogens (tertiary/aromatic N) is 3. The molecule has 1 fully saturated rings. The van der Waals surface area contributed by atoms with Crippen molar-refractivity contribution in [1.29, 1.82) is 0 Å². The van der Waals surface area contributed by atoms with Crippen LogP contribution >= 0.6 is 35.0 Å². The third-order valence-electron chi connectivity index (χ3n) is 4.39. The van der Waals surface area contributed by atoms with E-state index in [0.717, 1.165) is 11.3 Å². The minimum absolute atomic E-state index is 0.148. The monoisotopic (exact) mass is 434 g/mol. The molecular formula is C19H16Cl2N4O2S. The molecular weight excluding hydrogens is 419 g/mol. The van der Waals surface area contributed by atoms with Gasteiger partial charge in [0.25, 0.3) is 0 Å². The van der Waals surface area contributed by atoms with Gasteiger partial charge < -0.3 is 10.4 Å². The molecule has 2 aromatic carbocycles. The minimum atomic E-state index is -0.930. The molecule has 0 radical (unpaired) electrons. The maximum absolute atomic E-state index is 11.5. The number of aliphatic hydroxyl groups is 1. The minimum Gasteiger partial charge on any atom is -0.373 e. The zero-order valence-electron chi connectivity index (χ0n) is 14.5. The summed E-state index contributed by atoms with van der Waals surface area (Å²) in [4.78, 5) is 11.5. The summed E-state index contributed by atoms with van der Waals surface area (Å²) >= 11 is 13.4. The molecule has 1 aromatic heterocycles. The summed E-state index contributed by atoms with van der Waals surface area (Å²) in [6, 6.07) is 14.7. The zero-order chi connectivity index (χ0) is 19.7. The van der Waals surface area contributed by atoms with Gasteiger partial charge in [-0.1, -0.05) is 35.0 Å². The number of halogens is 2. The van der Waals surface area contributed by atoms with Gasteiger partial charge in [-0.15, -0.1) is 10.2 Å². The maximum Gasteiger partial charge on any atom is 0.222 e. The highest BCUT2D eigenvalue weighted by Gasteiger charge is 2.30. The molecule has 2 N–H and O–H groups in total. The fourth-order valence-electron chi connectivity index (χ4n) is 2.98. The SMILES string of the molecule is O=C1CCC(Sc2nnc(-c3ccc(Cl)cc3)n2-c2ccc(Cl)cc2)C(O)N1. The molecule has 2 heterocycles. The van der Waals surface area contributed by atoms with Gasteiger partial charge in [0.2, 0.25) is 5.91 Å². The van der Waals surface area contributed by atoms with Crippen molar-refractivity contribution in [3.8, 4) is 17.1 Å². The average molecular weight is 435 g/mol. The van der Waals surface area contributed by atoms with Crippen LogP contribution in [0, 0.1) is 0 Å². The summed E-state index contributed by atoms with van der Waals surface area (Å²) in [6.07, 6.45) is -0.00413. The van der Waals surface area contributed by atoms with E-state index in [9.17, 15) is 9.90 Å². The van der Waals surface area contributed by atoms with E-state index in [1.54, 1.807) is 24.3 Å². The summed E-state index contributed by atoms with van der Waals surface area (Å²) in [7, 11) is 0. The van der Waals surface area contributed by atoms with Crippen LogP contribution in [-0.2, 0) is 4.79 Å². The first kappa shape index (κ1) is 19.3. The number of hydrogen-bond donors (Lipinski definition) is 2. The normalized spacial score (nSPS) is 19.5. The van der Waals surface area contributed by atoms with Crippen LogP contribution in [0.5, 0.6) is 0 Å². The van der Waals surface area contributed by atoms with Crippen molar-refractivity contribution in [2.45, 2.75) is 29.5 Å². The first-order valence-electron chi connectivity index (χ1n) is 8.62. The highest BCUT2D eigenvalue weighted by atomic mass is 35.5. The van der Waals surface area contributed by atoms with Crippen molar-refractivity contribution in [3.05, 3.63) is 58.6 Å². The van der Waals surface area contributed by atoms with E-state index in [1.165, 1.54) is 11.8 Å². The van der Waals surface area contributed by atoms with Crippen LogP contribution in [0.2, 0.25) is 10.0 Å². The second-order valence-corrected chi connectivity index (χ2v) is 8.41. The lowest BCUT2D eigenvalue weighted by Crippen LogP contribution is -2.46. The molecule has 2 atom stereocenters. The average Bonchev–Trinajstić information content (AvgIpc) is 3.09. The Morgan fingerprint density at radius 1 is 1.04 bits per heavy atom. The van der Waals surface area contributed by atoms with Crippen molar-refractivity contribution in [1.82, 2.24) is 20.1 Å².